The molecule has 3 aliphatic rings. The van der Waals surface area contributed by atoms with E-state index >= 15 is 0 Å². The van der Waals surface area contributed by atoms with E-state index in [9.17, 15) is 9.59 Å². The maximum atomic E-state index is 13.7. The van der Waals surface area contributed by atoms with Gasteiger partial charge in [0.2, 0.25) is 0 Å². The molecule has 1 aliphatic carbocycles. The molecule has 1 amide bonds. The van der Waals surface area contributed by atoms with Gasteiger partial charge in [-0.2, -0.15) is 0 Å². The topological polar surface area (TPSA) is 68.7 Å². The van der Waals surface area contributed by atoms with Crippen molar-refractivity contribution < 1.29 is 19.1 Å². The average molecular weight is 439 g/mol. The lowest BCUT2D eigenvalue weighted by Gasteiger charge is -2.37. The Hall–Kier alpha value is -2.67. The standard InChI is InChI=1S/C24H26N2O4S/c1-12-5-10-18-17(11-12)21(27)19-20(15-6-8-16(29-4)9-7-15)26(23(28)22(19)30-18)24-25-13(2)14(3)31-24/h6-9,12,17-18,20H,5,10-11H2,1-4H3. The highest BCUT2D eigenvalue weighted by molar-refractivity contribution is 7.15. The molecule has 0 N–H and O–H groups in total. The van der Waals surface area contributed by atoms with Crippen LogP contribution in [-0.4, -0.2) is 29.9 Å². The lowest BCUT2D eigenvalue weighted by Crippen LogP contribution is -2.41. The number of methoxy groups -OCH3 is 1. The first-order chi connectivity index (χ1) is 14.9. The normalized spacial score (nSPS) is 27.8. The summed E-state index contributed by atoms with van der Waals surface area (Å²) < 4.78 is 11.5. The van der Waals surface area contributed by atoms with Crippen LogP contribution < -0.4 is 9.64 Å². The molecule has 2 aliphatic heterocycles. The number of benzene rings is 1. The van der Waals surface area contributed by atoms with E-state index in [4.69, 9.17) is 9.47 Å². The third-order valence-electron chi connectivity index (χ3n) is 6.76. The maximum Gasteiger partial charge on any atom is 0.296 e. The van der Waals surface area contributed by atoms with Gasteiger partial charge in [0.25, 0.3) is 5.91 Å². The Labute approximate surface area is 185 Å². The Morgan fingerprint density at radius 3 is 2.55 bits per heavy atom. The number of ketones is 1. The maximum absolute atomic E-state index is 13.7. The SMILES string of the molecule is COc1ccc(C2C3=C(OC4CCC(C)CC4C3=O)C(=O)N2c2nc(C)c(C)s2)cc1. The van der Waals surface area contributed by atoms with Gasteiger partial charge >= 0.3 is 0 Å². The Morgan fingerprint density at radius 1 is 1.16 bits per heavy atom. The highest BCUT2D eigenvalue weighted by Crippen LogP contribution is 2.49. The molecule has 1 saturated carbocycles. The molecule has 3 heterocycles. The number of nitrogens with zero attached hydrogens (tertiary/aromatic N) is 2. The van der Waals surface area contributed by atoms with E-state index in [0.29, 0.717) is 16.6 Å². The van der Waals surface area contributed by atoms with Crippen LogP contribution in [0.25, 0.3) is 0 Å². The third kappa shape index (κ3) is 3.17. The molecule has 6 nitrogen and oxygen atoms in total. The summed E-state index contributed by atoms with van der Waals surface area (Å²) in [6, 6.07) is 7.00. The number of hydrogen-bond acceptors (Lipinski definition) is 6. The Bertz CT molecular complexity index is 1070. The molecule has 1 aromatic heterocycles. The summed E-state index contributed by atoms with van der Waals surface area (Å²) in [6.07, 6.45) is 2.42. The van der Waals surface area contributed by atoms with Gasteiger partial charge in [0.15, 0.2) is 16.7 Å². The van der Waals surface area contributed by atoms with Crippen molar-refractivity contribution >= 4 is 28.2 Å². The number of anilines is 1. The van der Waals surface area contributed by atoms with Gasteiger partial charge in [0.1, 0.15) is 11.9 Å². The van der Waals surface area contributed by atoms with E-state index in [0.717, 1.165) is 41.1 Å². The summed E-state index contributed by atoms with van der Waals surface area (Å²) in [5, 5.41) is 0.600. The van der Waals surface area contributed by atoms with Crippen LogP contribution in [0.3, 0.4) is 0 Å². The number of aromatic nitrogens is 1. The van der Waals surface area contributed by atoms with Crippen LogP contribution in [0.5, 0.6) is 5.75 Å². The second-order valence-corrected chi connectivity index (χ2v) is 9.96. The van der Waals surface area contributed by atoms with E-state index in [2.05, 4.69) is 11.9 Å². The monoisotopic (exact) mass is 438 g/mol. The third-order valence-corrected chi connectivity index (χ3v) is 7.84. The van der Waals surface area contributed by atoms with Crippen LogP contribution >= 0.6 is 11.3 Å². The molecule has 4 unspecified atom stereocenters. The first kappa shape index (κ1) is 20.2. The molecule has 0 saturated heterocycles. The predicted molar refractivity (Wildman–Crippen MR) is 118 cm³/mol. The molecule has 4 atom stereocenters. The fourth-order valence-corrected chi connectivity index (χ4v) is 5.87. The van der Waals surface area contributed by atoms with Gasteiger partial charge in [0, 0.05) is 4.88 Å². The number of carbonyl (C=O) groups excluding carboxylic acids is 2. The van der Waals surface area contributed by atoms with Crippen molar-refractivity contribution in [1.82, 2.24) is 4.98 Å². The quantitative estimate of drug-likeness (QED) is 0.705. The Morgan fingerprint density at radius 2 is 1.90 bits per heavy atom. The Kier molecular flexibility index (Phi) is 4.88. The van der Waals surface area contributed by atoms with Crippen molar-refractivity contribution in [3.05, 3.63) is 51.7 Å². The van der Waals surface area contributed by atoms with Crippen LogP contribution in [0.1, 0.15) is 48.4 Å². The van der Waals surface area contributed by atoms with Crippen molar-refractivity contribution in [2.45, 2.75) is 52.2 Å². The van der Waals surface area contributed by atoms with Gasteiger partial charge in [0.05, 0.1) is 30.3 Å². The van der Waals surface area contributed by atoms with Gasteiger partial charge in [-0.1, -0.05) is 19.1 Å². The molecule has 0 spiro atoms. The lowest BCUT2D eigenvalue weighted by atomic mass is 9.74. The minimum Gasteiger partial charge on any atom is -0.497 e. The van der Waals surface area contributed by atoms with E-state index in [1.807, 2.05) is 38.1 Å². The van der Waals surface area contributed by atoms with Crippen LogP contribution in [0, 0.1) is 25.7 Å². The number of carbonyl (C=O) groups is 2. The number of amides is 1. The molecule has 0 radical (unpaired) electrons. The number of thiazole rings is 1. The number of rotatable bonds is 3. The molecule has 5 rings (SSSR count). The van der Waals surface area contributed by atoms with Gasteiger partial charge in [-0.3, -0.25) is 14.5 Å². The van der Waals surface area contributed by atoms with Gasteiger partial charge in [-0.25, -0.2) is 4.98 Å². The van der Waals surface area contributed by atoms with E-state index < -0.39 is 6.04 Å². The largest absolute Gasteiger partial charge is 0.497 e. The molecule has 0 bridgehead atoms. The van der Waals surface area contributed by atoms with Crippen molar-refractivity contribution in [3.8, 4) is 5.75 Å². The number of aryl methyl sites for hydroxylation is 2. The summed E-state index contributed by atoms with van der Waals surface area (Å²) in [6.45, 7) is 6.11. The second kappa shape index (κ2) is 7.48. The van der Waals surface area contributed by atoms with Crippen LogP contribution in [0.4, 0.5) is 5.13 Å². The number of Topliss-reactive ketones (excluding diaryl/α,β-unsaturated/α-hetero) is 1. The molecule has 31 heavy (non-hydrogen) atoms. The van der Waals surface area contributed by atoms with E-state index in [-0.39, 0.29) is 29.5 Å². The molecule has 7 heteroatoms. The highest BCUT2D eigenvalue weighted by atomic mass is 32.1. The van der Waals surface area contributed by atoms with Crippen molar-refractivity contribution in [2.75, 3.05) is 12.0 Å². The minimum absolute atomic E-state index is 0.0551. The fraction of sp³-hybridized carbons (Fsp3) is 0.458. The lowest BCUT2D eigenvalue weighted by molar-refractivity contribution is -0.132. The van der Waals surface area contributed by atoms with Crippen molar-refractivity contribution in [3.63, 3.8) is 0 Å². The molecule has 1 aromatic carbocycles. The van der Waals surface area contributed by atoms with Gasteiger partial charge in [-0.05, 0) is 56.7 Å². The molecular weight excluding hydrogens is 412 g/mol. The first-order valence-electron chi connectivity index (χ1n) is 10.8. The zero-order valence-electron chi connectivity index (χ0n) is 18.2. The van der Waals surface area contributed by atoms with Crippen LogP contribution in [0.15, 0.2) is 35.6 Å². The molecule has 2 aromatic rings. The summed E-state index contributed by atoms with van der Waals surface area (Å²) in [7, 11) is 1.62. The van der Waals surface area contributed by atoms with E-state index in [1.165, 1.54) is 11.3 Å². The molecule has 1 fully saturated rings. The smallest absolute Gasteiger partial charge is 0.296 e. The van der Waals surface area contributed by atoms with Crippen LogP contribution in [0.2, 0.25) is 0 Å². The number of hydrogen-bond donors (Lipinski definition) is 0. The molecule has 162 valence electrons. The van der Waals surface area contributed by atoms with Crippen molar-refractivity contribution in [2.24, 2.45) is 11.8 Å². The van der Waals surface area contributed by atoms with Gasteiger partial charge in [-0.15, -0.1) is 11.3 Å². The zero-order valence-corrected chi connectivity index (χ0v) is 19.0. The average Bonchev–Trinajstić information content (AvgIpc) is 3.25. The number of ether oxygens (including phenoxy) is 2. The van der Waals surface area contributed by atoms with Crippen LogP contribution in [-0.2, 0) is 14.3 Å². The second-order valence-electron chi connectivity index (χ2n) is 8.78. The first-order valence-corrected chi connectivity index (χ1v) is 11.6. The summed E-state index contributed by atoms with van der Waals surface area (Å²) >= 11 is 1.47. The minimum atomic E-state index is -0.538. The summed E-state index contributed by atoms with van der Waals surface area (Å²) in [5.74, 6) is 1.02. The summed E-state index contributed by atoms with van der Waals surface area (Å²) in [4.78, 5) is 34.7. The fourth-order valence-electron chi connectivity index (χ4n) is 4.93. The predicted octanol–water partition coefficient (Wildman–Crippen LogP) is 4.51. The zero-order chi connectivity index (χ0) is 21.9. The highest BCUT2D eigenvalue weighted by Gasteiger charge is 2.53. The van der Waals surface area contributed by atoms with E-state index in [1.54, 1.807) is 12.0 Å². The molecular formula is C24H26N2O4S. The van der Waals surface area contributed by atoms with Crippen molar-refractivity contribution in [1.29, 1.82) is 0 Å². The Balaban J connectivity index is 1.64. The number of fused-ring (bicyclic) bond motifs is 1. The summed E-state index contributed by atoms with van der Waals surface area (Å²) in [5.41, 5.74) is 2.22. The van der Waals surface area contributed by atoms with Gasteiger partial charge < -0.3 is 9.47 Å².